The minimum absolute atomic E-state index is 0.169. The fourth-order valence-electron chi connectivity index (χ4n) is 1.86. The van der Waals surface area contributed by atoms with Crippen LogP contribution in [-0.4, -0.2) is 20.1 Å². The Morgan fingerprint density at radius 1 is 1.27 bits per heavy atom. The third-order valence-corrected chi connectivity index (χ3v) is 3.04. The molecule has 0 saturated heterocycles. The topological polar surface area (TPSA) is 24.1 Å². The first-order valence-corrected chi connectivity index (χ1v) is 5.39. The highest BCUT2D eigenvalue weighted by Gasteiger charge is 2.41. The molecule has 0 radical (unpaired) electrons. The van der Waals surface area contributed by atoms with Gasteiger partial charge in [0.2, 0.25) is 0 Å². The normalized spacial score (nSPS) is 17.5. The molecular formula is C12H17FN2. The lowest BCUT2D eigenvalue weighted by Gasteiger charge is -2.16. The molecule has 1 aliphatic carbocycles. The largest absolute Gasteiger partial charge is 0.382 e. The van der Waals surface area contributed by atoms with Gasteiger partial charge in [-0.2, -0.15) is 0 Å². The van der Waals surface area contributed by atoms with E-state index in [1.807, 2.05) is 13.1 Å². The number of halogens is 1. The number of hydrogen-bond acceptors (Lipinski definition) is 2. The molecule has 2 N–H and O–H groups in total. The van der Waals surface area contributed by atoms with E-state index in [0.29, 0.717) is 11.1 Å². The molecule has 15 heavy (non-hydrogen) atoms. The van der Waals surface area contributed by atoms with E-state index < -0.39 is 0 Å². The minimum atomic E-state index is -0.169. The second-order valence-corrected chi connectivity index (χ2v) is 4.36. The number of hydrogen-bond donors (Lipinski definition) is 2. The lowest BCUT2D eigenvalue weighted by Crippen LogP contribution is -2.27. The second-order valence-electron chi connectivity index (χ2n) is 4.36. The Morgan fingerprint density at radius 3 is 2.60 bits per heavy atom. The van der Waals surface area contributed by atoms with Crippen molar-refractivity contribution >= 4 is 5.69 Å². The summed E-state index contributed by atoms with van der Waals surface area (Å²) in [5.41, 5.74) is 0.969. The number of benzene rings is 1. The Bertz CT molecular complexity index is 334. The Balaban J connectivity index is 1.91. The maximum atomic E-state index is 13.3. The van der Waals surface area contributed by atoms with E-state index in [2.05, 4.69) is 10.6 Å². The quantitative estimate of drug-likeness (QED) is 0.775. The van der Waals surface area contributed by atoms with Crippen molar-refractivity contribution in [3.05, 3.63) is 30.1 Å². The molecule has 3 heteroatoms. The molecule has 0 spiro atoms. The van der Waals surface area contributed by atoms with E-state index in [0.717, 1.165) is 13.1 Å². The van der Waals surface area contributed by atoms with Gasteiger partial charge in [0, 0.05) is 18.5 Å². The van der Waals surface area contributed by atoms with Crippen LogP contribution in [0.2, 0.25) is 0 Å². The van der Waals surface area contributed by atoms with Crippen LogP contribution in [-0.2, 0) is 0 Å². The summed E-state index contributed by atoms with van der Waals surface area (Å²) in [5, 5.41) is 6.37. The van der Waals surface area contributed by atoms with Crippen LogP contribution in [0.5, 0.6) is 0 Å². The Labute approximate surface area is 89.9 Å². The highest BCUT2D eigenvalue weighted by molar-refractivity contribution is 5.44. The van der Waals surface area contributed by atoms with Crippen LogP contribution in [0, 0.1) is 11.2 Å². The first kappa shape index (κ1) is 10.4. The van der Waals surface area contributed by atoms with Crippen LogP contribution < -0.4 is 10.6 Å². The van der Waals surface area contributed by atoms with Gasteiger partial charge in [0.1, 0.15) is 5.82 Å². The van der Waals surface area contributed by atoms with Crippen LogP contribution in [0.1, 0.15) is 12.8 Å². The van der Waals surface area contributed by atoms with E-state index >= 15 is 0 Å². The molecule has 0 aromatic heterocycles. The van der Waals surface area contributed by atoms with Gasteiger partial charge in [-0.05, 0) is 32.0 Å². The maximum Gasteiger partial charge on any atom is 0.146 e. The first-order chi connectivity index (χ1) is 7.26. The third kappa shape index (κ3) is 2.48. The Hall–Kier alpha value is -1.09. The number of nitrogens with one attached hydrogen (secondary N) is 2. The van der Waals surface area contributed by atoms with Gasteiger partial charge in [-0.1, -0.05) is 12.1 Å². The zero-order valence-electron chi connectivity index (χ0n) is 9.02. The number of para-hydroxylation sites is 1. The van der Waals surface area contributed by atoms with Crippen molar-refractivity contribution in [3.8, 4) is 0 Å². The molecule has 0 aliphatic heterocycles. The molecular weight excluding hydrogens is 191 g/mol. The van der Waals surface area contributed by atoms with Gasteiger partial charge in [0.05, 0.1) is 5.69 Å². The van der Waals surface area contributed by atoms with Crippen molar-refractivity contribution < 1.29 is 4.39 Å². The van der Waals surface area contributed by atoms with Crippen molar-refractivity contribution in [3.63, 3.8) is 0 Å². The van der Waals surface area contributed by atoms with Crippen molar-refractivity contribution in [2.24, 2.45) is 5.41 Å². The molecule has 1 saturated carbocycles. The number of anilines is 1. The van der Waals surface area contributed by atoms with Gasteiger partial charge in [-0.3, -0.25) is 0 Å². The molecule has 0 amide bonds. The predicted molar refractivity (Wildman–Crippen MR) is 60.5 cm³/mol. The molecule has 0 unspecified atom stereocenters. The van der Waals surface area contributed by atoms with Gasteiger partial charge in [-0.15, -0.1) is 0 Å². The van der Waals surface area contributed by atoms with E-state index in [1.165, 1.54) is 18.9 Å². The van der Waals surface area contributed by atoms with Gasteiger partial charge in [-0.25, -0.2) is 4.39 Å². The minimum Gasteiger partial charge on any atom is -0.382 e. The third-order valence-electron chi connectivity index (χ3n) is 3.04. The summed E-state index contributed by atoms with van der Waals surface area (Å²) >= 11 is 0. The summed E-state index contributed by atoms with van der Waals surface area (Å²) < 4.78 is 13.3. The maximum absolute atomic E-state index is 13.3. The molecule has 1 aromatic rings. The van der Waals surface area contributed by atoms with E-state index in [-0.39, 0.29) is 5.82 Å². The van der Waals surface area contributed by atoms with Gasteiger partial charge in [0.15, 0.2) is 0 Å². The zero-order chi connectivity index (χ0) is 10.7. The number of rotatable bonds is 5. The SMILES string of the molecule is CNCC1(CNc2ccccc2F)CC1. The molecule has 82 valence electrons. The highest BCUT2D eigenvalue weighted by Crippen LogP contribution is 2.44. The summed E-state index contributed by atoms with van der Waals surface area (Å²) in [7, 11) is 1.96. The van der Waals surface area contributed by atoms with E-state index in [4.69, 9.17) is 0 Å². The molecule has 0 bridgehead atoms. The Morgan fingerprint density at radius 2 is 2.00 bits per heavy atom. The molecule has 1 aliphatic rings. The lowest BCUT2D eigenvalue weighted by atomic mass is 10.1. The lowest BCUT2D eigenvalue weighted by molar-refractivity contribution is 0.505. The second kappa shape index (κ2) is 4.19. The van der Waals surface area contributed by atoms with Gasteiger partial charge in [0.25, 0.3) is 0 Å². The molecule has 1 fully saturated rings. The fraction of sp³-hybridized carbons (Fsp3) is 0.500. The zero-order valence-corrected chi connectivity index (χ0v) is 9.02. The Kier molecular flexibility index (Phi) is 2.91. The van der Waals surface area contributed by atoms with Gasteiger partial charge >= 0.3 is 0 Å². The van der Waals surface area contributed by atoms with Gasteiger partial charge < -0.3 is 10.6 Å². The van der Waals surface area contributed by atoms with Crippen LogP contribution in [0.25, 0.3) is 0 Å². The summed E-state index contributed by atoms with van der Waals surface area (Å²) in [6, 6.07) is 6.83. The van der Waals surface area contributed by atoms with Crippen LogP contribution in [0.3, 0.4) is 0 Å². The predicted octanol–water partition coefficient (Wildman–Crippen LogP) is 2.24. The molecule has 0 heterocycles. The van der Waals surface area contributed by atoms with Crippen molar-refractivity contribution in [2.45, 2.75) is 12.8 Å². The average molecular weight is 208 g/mol. The van der Waals surface area contributed by atoms with Crippen molar-refractivity contribution in [1.82, 2.24) is 5.32 Å². The monoisotopic (exact) mass is 208 g/mol. The van der Waals surface area contributed by atoms with Crippen LogP contribution in [0.15, 0.2) is 24.3 Å². The van der Waals surface area contributed by atoms with E-state index in [1.54, 1.807) is 12.1 Å². The fourth-order valence-corrected chi connectivity index (χ4v) is 1.86. The summed E-state index contributed by atoms with van der Waals surface area (Å²) in [4.78, 5) is 0. The van der Waals surface area contributed by atoms with Crippen molar-refractivity contribution in [1.29, 1.82) is 0 Å². The van der Waals surface area contributed by atoms with Crippen molar-refractivity contribution in [2.75, 3.05) is 25.5 Å². The first-order valence-electron chi connectivity index (χ1n) is 5.39. The van der Waals surface area contributed by atoms with Crippen LogP contribution in [0.4, 0.5) is 10.1 Å². The summed E-state index contributed by atoms with van der Waals surface area (Å²) in [5.74, 6) is -0.169. The van der Waals surface area contributed by atoms with Crippen LogP contribution >= 0.6 is 0 Å². The summed E-state index contributed by atoms with van der Waals surface area (Å²) in [6.45, 7) is 1.86. The molecule has 2 nitrogen and oxygen atoms in total. The molecule has 0 atom stereocenters. The molecule has 1 aromatic carbocycles. The highest BCUT2D eigenvalue weighted by atomic mass is 19.1. The smallest absolute Gasteiger partial charge is 0.146 e. The van der Waals surface area contributed by atoms with E-state index in [9.17, 15) is 4.39 Å². The standard InChI is InChI=1S/C12H17FN2/c1-14-8-12(6-7-12)9-15-11-5-3-2-4-10(11)13/h2-5,14-15H,6-9H2,1H3. The average Bonchev–Trinajstić information content (AvgIpc) is 2.98. The summed E-state index contributed by atoms with van der Waals surface area (Å²) in [6.07, 6.45) is 2.46. The molecule has 2 rings (SSSR count).